The monoisotopic (exact) mass is 281 g/mol. The third kappa shape index (κ3) is 3.40. The first-order chi connectivity index (χ1) is 9.61. The van der Waals surface area contributed by atoms with Gasteiger partial charge in [-0.1, -0.05) is 12.1 Å². The highest BCUT2D eigenvalue weighted by atomic mass is 16.5. The molecule has 0 aromatic heterocycles. The number of nitrogens with zero attached hydrogens (tertiary/aromatic N) is 1. The Bertz CT molecular complexity index is 477. The molecule has 0 aliphatic carbocycles. The highest BCUT2D eigenvalue weighted by Gasteiger charge is 2.26. The van der Waals surface area contributed by atoms with Crippen LogP contribution in [-0.4, -0.2) is 53.5 Å². The maximum atomic E-state index is 10.9. The molecule has 6 nitrogen and oxygen atoms in total. The second-order valence-electron chi connectivity index (χ2n) is 4.63. The zero-order valence-electron chi connectivity index (χ0n) is 11.4. The molecule has 2 rings (SSSR count). The van der Waals surface area contributed by atoms with Crippen molar-refractivity contribution in [1.29, 1.82) is 0 Å². The third-order valence-corrected chi connectivity index (χ3v) is 3.20. The Morgan fingerprint density at radius 1 is 1.55 bits per heavy atom. The lowest BCUT2D eigenvalue weighted by Crippen LogP contribution is -2.45. The van der Waals surface area contributed by atoms with Gasteiger partial charge in [0.25, 0.3) is 0 Å². The van der Waals surface area contributed by atoms with Crippen LogP contribution in [0.5, 0.6) is 11.5 Å². The molecule has 20 heavy (non-hydrogen) atoms. The number of morpholine rings is 1. The van der Waals surface area contributed by atoms with Gasteiger partial charge in [0.1, 0.15) is 0 Å². The third-order valence-electron chi connectivity index (χ3n) is 3.20. The Labute approximate surface area is 117 Å². The van der Waals surface area contributed by atoms with Crippen molar-refractivity contribution in [3.8, 4) is 11.5 Å². The summed E-state index contributed by atoms with van der Waals surface area (Å²) in [4.78, 5) is 12.9. The smallest absolute Gasteiger partial charge is 0.334 e. The Balaban J connectivity index is 2.06. The summed E-state index contributed by atoms with van der Waals surface area (Å²) in [5.41, 5.74) is 0.724. The van der Waals surface area contributed by atoms with Gasteiger partial charge in [0.15, 0.2) is 17.6 Å². The molecule has 1 aromatic rings. The second kappa shape index (κ2) is 6.58. The van der Waals surface area contributed by atoms with Gasteiger partial charge in [-0.3, -0.25) is 4.90 Å². The molecular formula is C14H19NO5. The van der Waals surface area contributed by atoms with E-state index in [1.807, 2.05) is 24.0 Å². The van der Waals surface area contributed by atoms with Crippen LogP contribution >= 0.6 is 0 Å². The van der Waals surface area contributed by atoms with Crippen LogP contribution in [0.2, 0.25) is 0 Å². The van der Waals surface area contributed by atoms with Crippen LogP contribution < -0.4 is 4.74 Å². The van der Waals surface area contributed by atoms with Crippen molar-refractivity contribution < 1.29 is 24.5 Å². The molecule has 1 aromatic carbocycles. The molecule has 1 heterocycles. The van der Waals surface area contributed by atoms with Gasteiger partial charge < -0.3 is 19.7 Å². The van der Waals surface area contributed by atoms with Gasteiger partial charge in [-0.2, -0.15) is 0 Å². The molecular weight excluding hydrogens is 262 g/mol. The minimum absolute atomic E-state index is 0.118. The maximum Gasteiger partial charge on any atom is 0.334 e. The minimum Gasteiger partial charge on any atom is -0.504 e. The number of aromatic hydroxyl groups is 1. The SMILES string of the molecule is CCOc1cccc(CN2CCOC(C(=O)O)C2)c1O. The molecule has 0 bridgehead atoms. The number of hydrogen-bond donors (Lipinski definition) is 2. The van der Waals surface area contributed by atoms with E-state index in [2.05, 4.69) is 0 Å². The first kappa shape index (κ1) is 14.6. The molecule has 1 saturated heterocycles. The molecule has 0 saturated carbocycles. The first-order valence-electron chi connectivity index (χ1n) is 6.62. The van der Waals surface area contributed by atoms with Crippen molar-refractivity contribution in [2.24, 2.45) is 0 Å². The number of ether oxygens (including phenoxy) is 2. The van der Waals surface area contributed by atoms with Crippen molar-refractivity contribution in [3.05, 3.63) is 23.8 Å². The molecule has 1 fully saturated rings. The predicted molar refractivity (Wildman–Crippen MR) is 71.9 cm³/mol. The average Bonchev–Trinajstić information content (AvgIpc) is 2.44. The lowest BCUT2D eigenvalue weighted by Gasteiger charge is -2.31. The Kier molecular flexibility index (Phi) is 4.81. The topological polar surface area (TPSA) is 79.2 Å². The second-order valence-corrected chi connectivity index (χ2v) is 4.63. The van der Waals surface area contributed by atoms with Crippen LogP contribution in [0.1, 0.15) is 12.5 Å². The number of aliphatic carboxylic acids is 1. The van der Waals surface area contributed by atoms with E-state index in [-0.39, 0.29) is 5.75 Å². The van der Waals surface area contributed by atoms with E-state index < -0.39 is 12.1 Å². The van der Waals surface area contributed by atoms with Gasteiger partial charge in [-0.05, 0) is 13.0 Å². The summed E-state index contributed by atoms with van der Waals surface area (Å²) in [5, 5.41) is 19.1. The van der Waals surface area contributed by atoms with Crippen LogP contribution in [0.15, 0.2) is 18.2 Å². The fourth-order valence-corrected chi connectivity index (χ4v) is 2.20. The Hall–Kier alpha value is -1.79. The molecule has 110 valence electrons. The number of hydrogen-bond acceptors (Lipinski definition) is 5. The molecule has 6 heteroatoms. The lowest BCUT2D eigenvalue weighted by molar-refractivity contribution is -0.156. The molecule has 0 amide bonds. The van der Waals surface area contributed by atoms with E-state index >= 15 is 0 Å². The van der Waals surface area contributed by atoms with E-state index in [9.17, 15) is 9.90 Å². The van der Waals surface area contributed by atoms with Crippen molar-refractivity contribution in [3.63, 3.8) is 0 Å². The van der Waals surface area contributed by atoms with E-state index in [4.69, 9.17) is 14.6 Å². The molecule has 2 N–H and O–H groups in total. The normalized spacial score (nSPS) is 19.8. The summed E-state index contributed by atoms with van der Waals surface area (Å²) in [7, 11) is 0. The number of para-hydroxylation sites is 1. The van der Waals surface area contributed by atoms with Crippen molar-refractivity contribution in [1.82, 2.24) is 4.90 Å². The summed E-state index contributed by atoms with van der Waals surface area (Å²) < 4.78 is 10.5. The van der Waals surface area contributed by atoms with E-state index in [0.29, 0.717) is 38.6 Å². The van der Waals surface area contributed by atoms with Gasteiger partial charge in [0, 0.05) is 25.2 Å². The van der Waals surface area contributed by atoms with Crippen LogP contribution in [0.3, 0.4) is 0 Å². The van der Waals surface area contributed by atoms with Crippen LogP contribution in [0.25, 0.3) is 0 Å². The number of benzene rings is 1. The molecule has 1 atom stereocenters. The van der Waals surface area contributed by atoms with Gasteiger partial charge in [-0.15, -0.1) is 0 Å². The number of carboxylic acids is 1. The molecule has 1 aliphatic rings. The predicted octanol–water partition coefficient (Wildman–Crippen LogP) is 1.08. The summed E-state index contributed by atoms with van der Waals surface area (Å²) in [6.07, 6.45) is -0.805. The fraction of sp³-hybridized carbons (Fsp3) is 0.500. The average molecular weight is 281 g/mol. The summed E-state index contributed by atoms with van der Waals surface area (Å²) in [6.45, 7) is 4.14. The van der Waals surface area contributed by atoms with E-state index in [0.717, 1.165) is 5.56 Å². The van der Waals surface area contributed by atoms with Crippen molar-refractivity contribution in [2.75, 3.05) is 26.3 Å². The van der Waals surface area contributed by atoms with Gasteiger partial charge in [0.2, 0.25) is 0 Å². The van der Waals surface area contributed by atoms with Gasteiger partial charge in [0.05, 0.1) is 13.2 Å². The van der Waals surface area contributed by atoms with E-state index in [1.54, 1.807) is 6.07 Å². The highest BCUT2D eigenvalue weighted by molar-refractivity contribution is 5.72. The van der Waals surface area contributed by atoms with Gasteiger partial charge in [-0.25, -0.2) is 4.79 Å². The Morgan fingerprint density at radius 2 is 2.35 bits per heavy atom. The zero-order chi connectivity index (χ0) is 14.5. The number of phenolic OH excluding ortho intramolecular Hbond substituents is 1. The van der Waals surface area contributed by atoms with Gasteiger partial charge >= 0.3 is 5.97 Å². The fourth-order valence-electron chi connectivity index (χ4n) is 2.20. The number of carbonyl (C=O) groups is 1. The summed E-state index contributed by atoms with van der Waals surface area (Å²) in [6, 6.07) is 5.33. The summed E-state index contributed by atoms with van der Waals surface area (Å²) >= 11 is 0. The number of carboxylic acid groups (broad SMARTS) is 1. The van der Waals surface area contributed by atoms with E-state index in [1.165, 1.54) is 0 Å². The number of rotatable bonds is 5. The van der Waals surface area contributed by atoms with Crippen LogP contribution in [0, 0.1) is 0 Å². The lowest BCUT2D eigenvalue weighted by atomic mass is 10.1. The number of phenols is 1. The molecule has 0 spiro atoms. The first-order valence-corrected chi connectivity index (χ1v) is 6.62. The molecule has 1 unspecified atom stereocenters. The standard InChI is InChI=1S/C14H19NO5/c1-2-19-11-5-3-4-10(13(11)16)8-15-6-7-20-12(9-15)14(17)18/h3-5,12,16H,2,6-9H2,1H3,(H,17,18). The van der Waals surface area contributed by atoms with Crippen molar-refractivity contribution in [2.45, 2.75) is 19.6 Å². The Morgan fingerprint density at radius 3 is 3.05 bits per heavy atom. The minimum atomic E-state index is -0.956. The van der Waals surface area contributed by atoms with Crippen LogP contribution in [-0.2, 0) is 16.1 Å². The summed E-state index contributed by atoms with van der Waals surface area (Å²) in [5.74, 6) is -0.386. The zero-order valence-corrected chi connectivity index (χ0v) is 11.4. The van der Waals surface area contributed by atoms with Crippen LogP contribution in [0.4, 0.5) is 0 Å². The quantitative estimate of drug-likeness (QED) is 0.840. The highest BCUT2D eigenvalue weighted by Crippen LogP contribution is 2.30. The largest absolute Gasteiger partial charge is 0.504 e. The van der Waals surface area contributed by atoms with Crippen molar-refractivity contribution >= 4 is 5.97 Å². The maximum absolute atomic E-state index is 10.9. The molecule has 1 aliphatic heterocycles. The molecule has 0 radical (unpaired) electrons.